The molecule has 0 amide bonds. The number of aromatic nitrogens is 3. The fourth-order valence-electron chi connectivity index (χ4n) is 6.74. The number of hydrogen-bond acceptors (Lipinski definition) is 4. The molecule has 1 heterocycles. The van der Waals surface area contributed by atoms with Crippen LogP contribution in [0.4, 0.5) is 17.3 Å². The predicted octanol–water partition coefficient (Wildman–Crippen LogP) is 11.3. The monoisotopic (exact) mass is 646 g/mol. The van der Waals surface area contributed by atoms with Gasteiger partial charge in [0.2, 0.25) is 5.95 Å². The third-order valence-corrected chi connectivity index (χ3v) is 9.30. The summed E-state index contributed by atoms with van der Waals surface area (Å²) in [4.78, 5) is 15.9. The van der Waals surface area contributed by atoms with E-state index in [9.17, 15) is 8.22 Å². The van der Waals surface area contributed by atoms with Crippen molar-refractivity contribution >= 4 is 17.3 Å². The highest BCUT2D eigenvalue weighted by atomic mass is 15.3. The average molecular weight is 647 g/mol. The van der Waals surface area contributed by atoms with E-state index in [4.69, 9.17) is 25.9 Å². The predicted molar refractivity (Wildman–Crippen MR) is 201 cm³/mol. The van der Waals surface area contributed by atoms with E-state index in [-0.39, 0.29) is 116 Å². The van der Waals surface area contributed by atoms with Gasteiger partial charge in [-0.05, 0) is 74.8 Å². The third kappa shape index (κ3) is 4.55. The van der Waals surface area contributed by atoms with E-state index < -0.39 is 53.1 Å². The van der Waals surface area contributed by atoms with Gasteiger partial charge < -0.3 is 0 Å². The molecule has 1 aromatic heterocycles. The van der Waals surface area contributed by atoms with Crippen LogP contribution in [0.15, 0.2) is 145 Å². The zero-order chi connectivity index (χ0) is 45.5. The standard InChI is InChI=1S/C45H36N4/c1-44(2)38-22-14-12-20-34(38)36-28-32(24-26-39(36)44)49(31-17-9-6-10-18-31)43-47-41(29-15-7-5-8-16-29)46-42(48-43)30-23-25-35-33-19-11-13-21-37(33)45(3,4)40(35)27-30/h5-28H,1-4H3/i11D,12D,13D,14D,19D,20D,21D,22D,23D,24D,25D,26D,27D,28D. The van der Waals surface area contributed by atoms with Gasteiger partial charge in [-0.25, -0.2) is 4.98 Å². The highest BCUT2D eigenvalue weighted by Crippen LogP contribution is 2.51. The normalized spacial score (nSPS) is 18.4. The minimum atomic E-state index is -1.24. The molecular weight excluding hydrogens is 597 g/mol. The summed E-state index contributed by atoms with van der Waals surface area (Å²) >= 11 is 0. The van der Waals surface area contributed by atoms with Crippen LogP contribution in [0.1, 0.15) is 69.1 Å². The van der Waals surface area contributed by atoms with E-state index in [0.29, 0.717) is 11.3 Å². The summed E-state index contributed by atoms with van der Waals surface area (Å²) in [5.74, 6) is -0.384. The molecule has 9 rings (SSSR count). The van der Waals surface area contributed by atoms with Gasteiger partial charge in [0, 0.05) is 33.3 Å². The molecule has 0 bridgehead atoms. The Kier molecular flexibility index (Phi) is 3.99. The topological polar surface area (TPSA) is 41.9 Å². The Labute approximate surface area is 307 Å². The smallest absolute Gasteiger partial charge is 0.238 e. The number of hydrogen-bond donors (Lipinski definition) is 0. The average Bonchev–Trinajstić information content (AvgIpc) is 3.67. The molecule has 236 valence electrons. The fourth-order valence-corrected chi connectivity index (χ4v) is 6.74. The molecule has 0 unspecified atom stereocenters. The van der Waals surface area contributed by atoms with Gasteiger partial charge in [0.05, 0.1) is 19.2 Å². The van der Waals surface area contributed by atoms with Crippen LogP contribution in [-0.4, -0.2) is 15.0 Å². The molecule has 0 aliphatic heterocycles. The van der Waals surface area contributed by atoms with E-state index in [1.807, 2.05) is 0 Å². The molecule has 4 heteroatoms. The quantitative estimate of drug-likeness (QED) is 0.187. The van der Waals surface area contributed by atoms with Crippen LogP contribution in [0.3, 0.4) is 0 Å². The summed E-state index contributed by atoms with van der Waals surface area (Å²) in [7, 11) is 0. The van der Waals surface area contributed by atoms with Crippen LogP contribution in [0.25, 0.3) is 45.0 Å². The Balaban J connectivity index is 1.38. The second-order valence-electron chi connectivity index (χ2n) is 13.0. The highest BCUT2D eigenvalue weighted by molar-refractivity contribution is 5.87. The van der Waals surface area contributed by atoms with Gasteiger partial charge in [-0.15, -0.1) is 0 Å². The summed E-state index contributed by atoms with van der Waals surface area (Å²) in [6, 6.07) is 11.7. The van der Waals surface area contributed by atoms with Crippen molar-refractivity contribution < 1.29 is 19.2 Å². The second kappa shape index (κ2) is 10.8. The Hall–Kier alpha value is -5.87. The first-order valence-electron chi connectivity index (χ1n) is 22.8. The molecule has 49 heavy (non-hydrogen) atoms. The van der Waals surface area contributed by atoms with Crippen molar-refractivity contribution in [1.29, 1.82) is 0 Å². The summed E-state index contributed by atoms with van der Waals surface area (Å²) in [6.45, 7) is 6.81. The minimum absolute atomic E-state index is 0.0456. The molecule has 0 saturated carbocycles. The number of nitrogens with zero attached hydrogens (tertiary/aromatic N) is 4. The number of anilines is 3. The van der Waals surface area contributed by atoms with Crippen LogP contribution in [0, 0.1) is 0 Å². The molecule has 2 aliphatic rings. The lowest BCUT2D eigenvalue weighted by molar-refractivity contribution is 0.660. The summed E-state index contributed by atoms with van der Waals surface area (Å²) < 4.78 is 127. The van der Waals surface area contributed by atoms with Crippen molar-refractivity contribution in [2.45, 2.75) is 38.5 Å². The fraction of sp³-hybridized carbons (Fsp3) is 0.133. The molecule has 4 nitrogen and oxygen atoms in total. The zero-order valence-corrected chi connectivity index (χ0v) is 27.1. The van der Waals surface area contributed by atoms with Gasteiger partial charge in [-0.1, -0.05) is 143 Å². The molecule has 7 aromatic rings. The van der Waals surface area contributed by atoms with Crippen molar-refractivity contribution in [3.05, 3.63) is 168 Å². The highest BCUT2D eigenvalue weighted by Gasteiger charge is 2.37. The Morgan fingerprint density at radius 1 is 0.469 bits per heavy atom. The third-order valence-electron chi connectivity index (χ3n) is 9.30. The molecule has 0 atom stereocenters. The maximum Gasteiger partial charge on any atom is 0.238 e. The number of para-hydroxylation sites is 1. The van der Waals surface area contributed by atoms with Crippen molar-refractivity contribution in [2.75, 3.05) is 4.90 Å². The van der Waals surface area contributed by atoms with Gasteiger partial charge in [0.25, 0.3) is 0 Å². The van der Waals surface area contributed by atoms with Gasteiger partial charge in [0.1, 0.15) is 0 Å². The second-order valence-corrected chi connectivity index (χ2v) is 13.0. The van der Waals surface area contributed by atoms with Crippen molar-refractivity contribution in [3.63, 3.8) is 0 Å². The number of benzene rings is 6. The van der Waals surface area contributed by atoms with Crippen molar-refractivity contribution in [2.24, 2.45) is 0 Å². The van der Waals surface area contributed by atoms with E-state index >= 15 is 0 Å². The van der Waals surface area contributed by atoms with Crippen LogP contribution in [0.5, 0.6) is 0 Å². The summed E-state index contributed by atoms with van der Waals surface area (Å²) in [6.07, 6.45) is 0. The lowest BCUT2D eigenvalue weighted by Crippen LogP contribution is -2.17. The SMILES string of the molecule is [2H]c1c([2H])c([2H])c2c(c1[2H])-c1c([2H])c(N(c3ccccc3)c3nc(-c4ccccc4)nc(-c4c([2H])c([2H])c5c(c4[2H])C(C)(C)c4c([2H])c([2H])c([2H])c([2H])c4-5)n3)c([2H])c([2H])c1C2(C)C. The number of rotatable bonds is 5. The first-order valence-corrected chi connectivity index (χ1v) is 15.8. The molecule has 0 N–H and O–H groups in total. The molecule has 2 aliphatic carbocycles. The molecule has 0 spiro atoms. The first-order chi connectivity index (χ1) is 29.7. The molecule has 0 radical (unpaired) electrons. The number of fused-ring (bicyclic) bond motifs is 6. The van der Waals surface area contributed by atoms with E-state index in [0.717, 1.165) is 0 Å². The Morgan fingerprint density at radius 2 is 1.02 bits per heavy atom. The summed E-state index contributed by atoms with van der Waals surface area (Å²) in [5.41, 5.74) is -1.00. The molecule has 6 aromatic carbocycles. The lowest BCUT2D eigenvalue weighted by atomic mass is 9.82. The van der Waals surface area contributed by atoms with Crippen LogP contribution < -0.4 is 4.90 Å². The lowest BCUT2D eigenvalue weighted by Gasteiger charge is -2.26. The van der Waals surface area contributed by atoms with Crippen LogP contribution in [-0.2, 0) is 10.8 Å². The Bertz CT molecular complexity index is 3170. The van der Waals surface area contributed by atoms with Crippen molar-refractivity contribution in [1.82, 2.24) is 15.0 Å². The van der Waals surface area contributed by atoms with Gasteiger partial charge in [-0.2, -0.15) is 9.97 Å². The Morgan fingerprint density at radius 3 is 1.71 bits per heavy atom. The van der Waals surface area contributed by atoms with Gasteiger partial charge >= 0.3 is 0 Å². The van der Waals surface area contributed by atoms with E-state index in [1.54, 1.807) is 88.4 Å². The van der Waals surface area contributed by atoms with Crippen molar-refractivity contribution in [3.8, 4) is 45.0 Å². The van der Waals surface area contributed by atoms with Crippen LogP contribution in [0.2, 0.25) is 0 Å². The molecule has 0 fully saturated rings. The van der Waals surface area contributed by atoms with Crippen LogP contribution >= 0.6 is 0 Å². The molecule has 0 saturated heterocycles. The maximum absolute atomic E-state index is 9.87. The zero-order valence-electron chi connectivity index (χ0n) is 41.1. The maximum atomic E-state index is 9.87. The summed E-state index contributed by atoms with van der Waals surface area (Å²) in [5, 5.41) is 0. The van der Waals surface area contributed by atoms with E-state index in [2.05, 4.69) is 0 Å². The van der Waals surface area contributed by atoms with Gasteiger partial charge in [0.15, 0.2) is 11.6 Å². The first kappa shape index (κ1) is 18.0. The van der Waals surface area contributed by atoms with E-state index in [1.165, 1.54) is 4.90 Å². The van der Waals surface area contributed by atoms with Gasteiger partial charge in [-0.3, -0.25) is 4.90 Å². The minimum Gasteiger partial charge on any atom is -0.279 e. The molecular formula is C45H36N4. The largest absolute Gasteiger partial charge is 0.279 e.